The second-order valence-corrected chi connectivity index (χ2v) is 6.98. The number of thiocarbonyl (C=S) groups is 1. The Morgan fingerprint density at radius 3 is 2.62 bits per heavy atom. The van der Waals surface area contributed by atoms with Crippen molar-refractivity contribution in [2.24, 2.45) is 0 Å². The molecule has 1 aliphatic rings. The molecule has 4 nitrogen and oxygen atoms in total. The van der Waals surface area contributed by atoms with Gasteiger partial charge < -0.3 is 15.3 Å². The van der Waals surface area contributed by atoms with Gasteiger partial charge >= 0.3 is 0 Å². The Labute approximate surface area is 145 Å². The molecule has 1 aromatic carbocycles. The Balaban J connectivity index is 2.67. The number of halogens is 2. The highest BCUT2D eigenvalue weighted by Gasteiger charge is 2.32. The Morgan fingerprint density at radius 2 is 2.05 bits per heavy atom. The molecule has 0 aliphatic carbocycles. The summed E-state index contributed by atoms with van der Waals surface area (Å²) in [7, 11) is 1.81. The van der Waals surface area contributed by atoms with Gasteiger partial charge in [0.1, 0.15) is 5.75 Å². The number of phenols is 1. The quantitative estimate of drug-likeness (QED) is 0.697. The minimum atomic E-state index is -0.472. The van der Waals surface area contributed by atoms with E-state index in [0.717, 1.165) is 10.2 Å². The monoisotopic (exact) mass is 432 g/mol. The molecule has 1 aliphatic heterocycles. The first-order valence-electron chi connectivity index (χ1n) is 6.17. The lowest BCUT2D eigenvalue weighted by atomic mass is 9.92. The number of ketones is 1. The van der Waals surface area contributed by atoms with E-state index in [9.17, 15) is 9.90 Å². The molecule has 0 amide bonds. The number of allylic oxidation sites excluding steroid dienone is 1. The van der Waals surface area contributed by atoms with E-state index in [2.05, 4.69) is 37.2 Å². The highest BCUT2D eigenvalue weighted by molar-refractivity contribution is 9.11. The molecule has 1 unspecified atom stereocenters. The maximum atomic E-state index is 12.1. The van der Waals surface area contributed by atoms with Crippen LogP contribution in [0.3, 0.4) is 0 Å². The van der Waals surface area contributed by atoms with Gasteiger partial charge in [-0.1, -0.05) is 15.9 Å². The largest absolute Gasteiger partial charge is 0.506 e. The molecule has 2 N–H and O–H groups in total. The van der Waals surface area contributed by atoms with Crippen molar-refractivity contribution in [1.82, 2.24) is 10.2 Å². The molecule has 1 heterocycles. The molecule has 21 heavy (non-hydrogen) atoms. The Hall–Kier alpha value is -0.920. The second kappa shape index (κ2) is 6.06. The van der Waals surface area contributed by atoms with Crippen LogP contribution in [0.5, 0.6) is 5.75 Å². The van der Waals surface area contributed by atoms with Gasteiger partial charge in [-0.15, -0.1) is 0 Å². The van der Waals surface area contributed by atoms with Gasteiger partial charge in [0.15, 0.2) is 10.9 Å². The second-order valence-electron chi connectivity index (χ2n) is 4.82. The number of Topliss-reactive ketones (excluding diaryl/α,β-unsaturated/α-hetero) is 1. The molecule has 2 rings (SSSR count). The number of nitrogens with one attached hydrogen (secondary N) is 1. The van der Waals surface area contributed by atoms with E-state index in [-0.39, 0.29) is 11.5 Å². The summed E-state index contributed by atoms with van der Waals surface area (Å²) in [5.41, 5.74) is 1.97. The van der Waals surface area contributed by atoms with Crippen LogP contribution in [0.15, 0.2) is 32.3 Å². The highest BCUT2D eigenvalue weighted by Crippen LogP contribution is 2.40. The van der Waals surface area contributed by atoms with Gasteiger partial charge in [-0.25, -0.2) is 0 Å². The molecule has 0 saturated carbocycles. The summed E-state index contributed by atoms with van der Waals surface area (Å²) in [5, 5.41) is 13.9. The van der Waals surface area contributed by atoms with Crippen molar-refractivity contribution in [2.45, 2.75) is 19.9 Å². The summed E-state index contributed by atoms with van der Waals surface area (Å²) in [6, 6.07) is 3.05. The lowest BCUT2D eigenvalue weighted by Crippen LogP contribution is -2.45. The normalized spacial score (nSPS) is 18.8. The Morgan fingerprint density at radius 1 is 1.43 bits per heavy atom. The van der Waals surface area contributed by atoms with E-state index >= 15 is 0 Å². The van der Waals surface area contributed by atoms with E-state index in [1.807, 2.05) is 6.92 Å². The lowest BCUT2D eigenvalue weighted by molar-refractivity contribution is -0.114. The van der Waals surface area contributed by atoms with Crippen molar-refractivity contribution in [2.75, 3.05) is 7.05 Å². The average Bonchev–Trinajstić information content (AvgIpc) is 2.39. The van der Waals surface area contributed by atoms with E-state index in [1.165, 1.54) is 6.92 Å². The zero-order valence-electron chi connectivity index (χ0n) is 11.7. The van der Waals surface area contributed by atoms with E-state index in [1.54, 1.807) is 24.1 Å². The van der Waals surface area contributed by atoms with Crippen LogP contribution in [-0.4, -0.2) is 27.9 Å². The molecule has 7 heteroatoms. The SMILES string of the molecule is CC(=O)C1=C(C)N(C)C(=S)NC1c1cc(Br)cc(Br)c1O. The molecule has 0 fully saturated rings. The average molecular weight is 434 g/mol. The number of aromatic hydroxyl groups is 1. The van der Waals surface area contributed by atoms with Gasteiger partial charge in [0.2, 0.25) is 0 Å². The van der Waals surface area contributed by atoms with Gasteiger partial charge in [0.05, 0.1) is 10.5 Å². The summed E-state index contributed by atoms with van der Waals surface area (Å²) in [4.78, 5) is 13.8. The van der Waals surface area contributed by atoms with E-state index in [4.69, 9.17) is 12.2 Å². The first-order valence-corrected chi connectivity index (χ1v) is 8.17. The van der Waals surface area contributed by atoms with Gasteiger partial charge in [-0.2, -0.15) is 0 Å². The van der Waals surface area contributed by atoms with Crippen molar-refractivity contribution >= 4 is 55.0 Å². The molecule has 1 aromatic rings. The van der Waals surface area contributed by atoms with Crippen LogP contribution in [0.2, 0.25) is 0 Å². The first-order chi connectivity index (χ1) is 9.73. The van der Waals surface area contributed by atoms with Gasteiger partial charge in [-0.3, -0.25) is 4.79 Å². The molecular weight excluding hydrogens is 420 g/mol. The van der Waals surface area contributed by atoms with Crippen molar-refractivity contribution in [3.63, 3.8) is 0 Å². The minimum Gasteiger partial charge on any atom is -0.506 e. The van der Waals surface area contributed by atoms with Crippen LogP contribution in [-0.2, 0) is 4.79 Å². The number of phenolic OH excluding ortho intramolecular Hbond substituents is 1. The Bertz CT molecular complexity index is 673. The van der Waals surface area contributed by atoms with Crippen molar-refractivity contribution in [1.29, 1.82) is 0 Å². The topological polar surface area (TPSA) is 52.6 Å². The maximum Gasteiger partial charge on any atom is 0.173 e. The number of benzene rings is 1. The molecule has 0 radical (unpaired) electrons. The van der Waals surface area contributed by atoms with Crippen LogP contribution in [0.4, 0.5) is 0 Å². The van der Waals surface area contributed by atoms with Crippen LogP contribution < -0.4 is 5.32 Å². The molecule has 0 saturated heterocycles. The minimum absolute atomic E-state index is 0.0603. The number of nitrogens with zero attached hydrogens (tertiary/aromatic N) is 1. The number of hydrogen-bond donors (Lipinski definition) is 2. The van der Waals surface area contributed by atoms with E-state index in [0.29, 0.717) is 20.7 Å². The predicted octanol–water partition coefficient (Wildman–Crippen LogP) is 3.64. The van der Waals surface area contributed by atoms with Crippen molar-refractivity contribution < 1.29 is 9.90 Å². The van der Waals surface area contributed by atoms with Gasteiger partial charge in [0.25, 0.3) is 0 Å². The summed E-state index contributed by atoms with van der Waals surface area (Å²) < 4.78 is 1.36. The number of rotatable bonds is 2. The third-order valence-electron chi connectivity index (χ3n) is 3.50. The zero-order chi connectivity index (χ0) is 15.9. The third-order valence-corrected chi connectivity index (χ3v) is 4.96. The molecule has 1 atom stereocenters. The molecule has 112 valence electrons. The number of carbonyl (C=O) groups excluding carboxylic acids is 1. The van der Waals surface area contributed by atoms with Gasteiger partial charge in [0, 0.05) is 28.4 Å². The molecule has 0 bridgehead atoms. The van der Waals surface area contributed by atoms with Crippen LogP contribution in [0.25, 0.3) is 0 Å². The Kier molecular flexibility index (Phi) is 4.75. The predicted molar refractivity (Wildman–Crippen MR) is 93.1 cm³/mol. The summed E-state index contributed by atoms with van der Waals surface area (Å²) in [5.74, 6) is 0.0319. The lowest BCUT2D eigenvalue weighted by Gasteiger charge is -2.35. The summed E-state index contributed by atoms with van der Waals surface area (Å²) in [6.07, 6.45) is 0. The van der Waals surface area contributed by atoms with Crippen LogP contribution >= 0.6 is 44.1 Å². The standard InChI is InChI=1S/C14H14Br2N2O2S/c1-6-11(7(2)19)12(17-14(21)18(6)3)9-4-8(15)5-10(16)13(9)20/h4-5,12,20H,1-3H3,(H,17,21). The van der Waals surface area contributed by atoms with Crippen LogP contribution in [0.1, 0.15) is 25.5 Å². The zero-order valence-corrected chi connectivity index (χ0v) is 15.7. The fourth-order valence-electron chi connectivity index (χ4n) is 2.33. The fraction of sp³-hybridized carbons (Fsp3) is 0.286. The van der Waals surface area contributed by atoms with Crippen molar-refractivity contribution in [3.8, 4) is 5.75 Å². The molecule has 0 spiro atoms. The first kappa shape index (κ1) is 16.5. The summed E-state index contributed by atoms with van der Waals surface area (Å²) >= 11 is 12.0. The van der Waals surface area contributed by atoms with Crippen molar-refractivity contribution in [3.05, 3.63) is 37.9 Å². The molecular formula is C14H14Br2N2O2S. The third kappa shape index (κ3) is 3.00. The van der Waals surface area contributed by atoms with E-state index < -0.39 is 6.04 Å². The fourth-order valence-corrected chi connectivity index (χ4v) is 3.84. The number of hydrogen-bond acceptors (Lipinski definition) is 3. The highest BCUT2D eigenvalue weighted by atomic mass is 79.9. The summed E-state index contributed by atoms with van der Waals surface area (Å²) in [6.45, 7) is 3.36. The van der Waals surface area contributed by atoms with Crippen LogP contribution in [0, 0.1) is 0 Å². The number of carbonyl (C=O) groups is 1. The maximum absolute atomic E-state index is 12.1. The van der Waals surface area contributed by atoms with Gasteiger partial charge in [-0.05, 0) is 54.1 Å². The smallest absolute Gasteiger partial charge is 0.173 e. The molecule has 0 aromatic heterocycles.